The molecule has 2 N–H and O–H groups in total. The van der Waals surface area contributed by atoms with E-state index >= 15 is 0 Å². The van der Waals surface area contributed by atoms with E-state index in [1.54, 1.807) is 36.4 Å². The minimum atomic E-state index is -0.581. The Morgan fingerprint density at radius 1 is 0.871 bits per heavy atom. The summed E-state index contributed by atoms with van der Waals surface area (Å²) in [6, 6.07) is 21.3. The van der Waals surface area contributed by atoms with Crippen LogP contribution in [0.3, 0.4) is 0 Å². The lowest BCUT2D eigenvalue weighted by Gasteiger charge is -2.17. The van der Waals surface area contributed by atoms with Crippen molar-refractivity contribution in [3.63, 3.8) is 0 Å². The first kappa shape index (κ1) is 20.3. The number of carbonyl (C=O) groups excluding carboxylic acids is 3. The normalized spacial score (nSPS) is 15.6. The van der Waals surface area contributed by atoms with Gasteiger partial charge in [-0.3, -0.25) is 14.4 Å². The molecular weight excluding hydrogens is 397 g/mol. The molecule has 1 heterocycles. The summed E-state index contributed by atoms with van der Waals surface area (Å²) in [5.74, 6) is -1.88. The molecule has 0 bridgehead atoms. The third-order valence-corrected chi connectivity index (χ3v) is 5.10. The highest BCUT2D eigenvalue weighted by atomic mass is 19.1. The lowest BCUT2D eigenvalue weighted by molar-refractivity contribution is -0.122. The maximum Gasteiger partial charge on any atom is 0.257 e. The fraction of sp³-hybridized carbons (Fsp3) is 0.125. The largest absolute Gasteiger partial charge is 0.325 e. The molecule has 0 spiro atoms. The molecule has 3 amide bonds. The summed E-state index contributed by atoms with van der Waals surface area (Å²) in [6.07, 6.45) is 0.0432. The number of hydrogen-bond acceptors (Lipinski definition) is 3. The molecule has 6 nitrogen and oxygen atoms in total. The highest BCUT2D eigenvalue weighted by molar-refractivity contribution is 6.11. The van der Waals surface area contributed by atoms with E-state index in [9.17, 15) is 18.8 Å². The second kappa shape index (κ2) is 8.79. The van der Waals surface area contributed by atoms with Crippen LogP contribution in [0.1, 0.15) is 16.8 Å². The average molecular weight is 417 g/mol. The predicted octanol–water partition coefficient (Wildman–Crippen LogP) is 4.07. The van der Waals surface area contributed by atoms with Gasteiger partial charge < -0.3 is 15.5 Å². The molecule has 1 aliphatic heterocycles. The van der Waals surface area contributed by atoms with Crippen molar-refractivity contribution >= 4 is 34.8 Å². The van der Waals surface area contributed by atoms with Crippen LogP contribution in [0.2, 0.25) is 0 Å². The van der Waals surface area contributed by atoms with E-state index < -0.39 is 11.7 Å². The summed E-state index contributed by atoms with van der Waals surface area (Å²) in [5.41, 5.74) is 1.88. The number of anilines is 3. The van der Waals surface area contributed by atoms with E-state index in [1.807, 2.05) is 18.2 Å². The van der Waals surface area contributed by atoms with E-state index in [1.165, 1.54) is 29.2 Å². The highest BCUT2D eigenvalue weighted by Crippen LogP contribution is 2.27. The summed E-state index contributed by atoms with van der Waals surface area (Å²) < 4.78 is 13.2. The summed E-state index contributed by atoms with van der Waals surface area (Å²) >= 11 is 0. The fourth-order valence-electron chi connectivity index (χ4n) is 3.50. The van der Waals surface area contributed by atoms with Crippen LogP contribution in [-0.4, -0.2) is 24.3 Å². The van der Waals surface area contributed by atoms with E-state index in [0.29, 0.717) is 22.6 Å². The van der Waals surface area contributed by atoms with Gasteiger partial charge in [0, 0.05) is 24.3 Å². The molecule has 1 saturated heterocycles. The third-order valence-electron chi connectivity index (χ3n) is 5.10. The topological polar surface area (TPSA) is 78.5 Å². The van der Waals surface area contributed by atoms with Crippen molar-refractivity contribution in [2.45, 2.75) is 6.42 Å². The van der Waals surface area contributed by atoms with Crippen molar-refractivity contribution in [1.82, 2.24) is 0 Å². The standard InChI is InChI=1S/C24H20FN3O3/c25-17-10-12-19(13-11-17)28-15-16(14-22(28)29)23(30)27-21-9-5-4-8-20(21)24(31)26-18-6-2-1-3-7-18/h1-13,16H,14-15H2,(H,26,31)(H,27,30)/t16-/m1/s1. The number of carbonyl (C=O) groups is 3. The number of halogens is 1. The van der Waals surface area contributed by atoms with Gasteiger partial charge in [0.15, 0.2) is 0 Å². The molecule has 3 aromatic rings. The summed E-state index contributed by atoms with van der Waals surface area (Å²) in [4.78, 5) is 39.4. The molecule has 156 valence electrons. The monoisotopic (exact) mass is 417 g/mol. The number of nitrogens with one attached hydrogen (secondary N) is 2. The quantitative estimate of drug-likeness (QED) is 0.657. The van der Waals surface area contributed by atoms with E-state index in [-0.39, 0.29) is 30.7 Å². The predicted molar refractivity (Wildman–Crippen MR) is 116 cm³/mol. The Labute approximate surface area is 178 Å². The smallest absolute Gasteiger partial charge is 0.257 e. The molecule has 31 heavy (non-hydrogen) atoms. The Bertz CT molecular complexity index is 1120. The second-order valence-electron chi connectivity index (χ2n) is 7.24. The molecule has 4 rings (SSSR count). The Kier molecular flexibility index (Phi) is 5.75. The summed E-state index contributed by atoms with van der Waals surface area (Å²) in [7, 11) is 0. The molecule has 0 aliphatic carbocycles. The number of hydrogen-bond donors (Lipinski definition) is 2. The van der Waals surface area contributed by atoms with Crippen LogP contribution in [-0.2, 0) is 9.59 Å². The fourth-order valence-corrected chi connectivity index (χ4v) is 3.50. The van der Waals surface area contributed by atoms with Crippen molar-refractivity contribution in [3.05, 3.63) is 90.2 Å². The second-order valence-corrected chi connectivity index (χ2v) is 7.24. The molecule has 0 saturated carbocycles. The van der Waals surface area contributed by atoms with Crippen LogP contribution in [0.4, 0.5) is 21.5 Å². The van der Waals surface area contributed by atoms with E-state index in [4.69, 9.17) is 0 Å². The first-order valence-electron chi connectivity index (χ1n) is 9.83. The molecule has 3 aromatic carbocycles. The zero-order chi connectivity index (χ0) is 21.8. The van der Waals surface area contributed by atoms with Crippen LogP contribution in [0.25, 0.3) is 0 Å². The zero-order valence-electron chi connectivity index (χ0n) is 16.5. The molecule has 1 fully saturated rings. The molecule has 0 radical (unpaired) electrons. The van der Waals surface area contributed by atoms with Gasteiger partial charge in [-0.1, -0.05) is 30.3 Å². The Morgan fingerprint density at radius 3 is 2.29 bits per heavy atom. The number of benzene rings is 3. The maximum absolute atomic E-state index is 13.2. The van der Waals surface area contributed by atoms with E-state index in [0.717, 1.165) is 0 Å². The highest BCUT2D eigenvalue weighted by Gasteiger charge is 2.35. The van der Waals surface area contributed by atoms with Crippen molar-refractivity contribution in [2.75, 3.05) is 22.1 Å². The number of rotatable bonds is 5. The van der Waals surface area contributed by atoms with Crippen LogP contribution < -0.4 is 15.5 Å². The third kappa shape index (κ3) is 4.61. The van der Waals surface area contributed by atoms with Gasteiger partial charge in [0.1, 0.15) is 5.82 Å². The van der Waals surface area contributed by atoms with Crippen molar-refractivity contribution in [3.8, 4) is 0 Å². The molecule has 0 aromatic heterocycles. The maximum atomic E-state index is 13.2. The summed E-state index contributed by atoms with van der Waals surface area (Å²) in [6.45, 7) is 0.189. The SMILES string of the molecule is O=C(Nc1ccccc1)c1ccccc1NC(=O)[C@@H]1CC(=O)N(c2ccc(F)cc2)C1. The van der Waals surface area contributed by atoms with Gasteiger partial charge in [-0.05, 0) is 48.5 Å². The van der Waals surface area contributed by atoms with Gasteiger partial charge in [0.05, 0.1) is 17.2 Å². The van der Waals surface area contributed by atoms with Crippen molar-refractivity contribution in [1.29, 1.82) is 0 Å². The number of amides is 3. The zero-order valence-corrected chi connectivity index (χ0v) is 16.5. The molecular formula is C24H20FN3O3. The Morgan fingerprint density at radius 2 is 1.55 bits per heavy atom. The first-order valence-corrected chi connectivity index (χ1v) is 9.83. The van der Waals surface area contributed by atoms with Crippen LogP contribution in [0.5, 0.6) is 0 Å². The lowest BCUT2D eigenvalue weighted by Crippen LogP contribution is -2.28. The number of para-hydroxylation sites is 2. The Balaban J connectivity index is 1.46. The number of nitrogens with zero attached hydrogens (tertiary/aromatic N) is 1. The van der Waals surface area contributed by atoms with Crippen LogP contribution in [0.15, 0.2) is 78.9 Å². The molecule has 0 unspecified atom stereocenters. The minimum absolute atomic E-state index is 0.0432. The van der Waals surface area contributed by atoms with Crippen molar-refractivity contribution in [2.24, 2.45) is 5.92 Å². The molecule has 1 atom stereocenters. The minimum Gasteiger partial charge on any atom is -0.325 e. The van der Waals surface area contributed by atoms with Gasteiger partial charge in [0.25, 0.3) is 5.91 Å². The Hall–Kier alpha value is -4.00. The van der Waals surface area contributed by atoms with Crippen molar-refractivity contribution < 1.29 is 18.8 Å². The van der Waals surface area contributed by atoms with Gasteiger partial charge in [-0.2, -0.15) is 0 Å². The molecule has 7 heteroatoms. The lowest BCUT2D eigenvalue weighted by atomic mass is 10.1. The van der Waals surface area contributed by atoms with Gasteiger partial charge in [-0.15, -0.1) is 0 Å². The average Bonchev–Trinajstić information content (AvgIpc) is 3.17. The van der Waals surface area contributed by atoms with Gasteiger partial charge in [-0.25, -0.2) is 4.39 Å². The summed E-state index contributed by atoms with van der Waals surface area (Å²) in [5, 5.41) is 5.58. The van der Waals surface area contributed by atoms with Crippen LogP contribution in [0, 0.1) is 11.7 Å². The van der Waals surface area contributed by atoms with E-state index in [2.05, 4.69) is 10.6 Å². The first-order chi connectivity index (χ1) is 15.0. The molecule has 1 aliphatic rings. The van der Waals surface area contributed by atoms with Gasteiger partial charge >= 0.3 is 0 Å². The van der Waals surface area contributed by atoms with Crippen LogP contribution >= 0.6 is 0 Å². The van der Waals surface area contributed by atoms with Gasteiger partial charge in [0.2, 0.25) is 11.8 Å².